The summed E-state index contributed by atoms with van der Waals surface area (Å²) in [7, 11) is -1.75. The number of thiazole rings is 1. The highest BCUT2D eigenvalue weighted by molar-refractivity contribution is 9.09. The number of nitrogens with zero attached hydrogens (tertiary/aromatic N) is 1. The highest BCUT2D eigenvalue weighted by Gasteiger charge is 2.50. The van der Waals surface area contributed by atoms with Crippen LogP contribution in [0.25, 0.3) is 0 Å². The van der Waals surface area contributed by atoms with Crippen LogP contribution in [0, 0.1) is 23.2 Å². The van der Waals surface area contributed by atoms with E-state index in [1.807, 2.05) is 42.6 Å². The molecule has 302 valence electrons. The molecule has 3 aliphatic carbocycles. The smallest absolute Gasteiger partial charge is 0.338 e. The summed E-state index contributed by atoms with van der Waals surface area (Å²) in [4.78, 5) is 30.8. The number of carbonyl (C=O) groups excluding carboxylic acids is 2. The molecule has 9 heteroatoms. The lowest BCUT2D eigenvalue weighted by atomic mass is 9.60. The molecule has 6 rings (SSSR count). The maximum atomic E-state index is 13.2. The molecule has 6 nitrogen and oxygen atoms in total. The molecule has 1 heterocycles. The van der Waals surface area contributed by atoms with E-state index in [4.69, 9.17) is 18.9 Å². The molecule has 0 spiro atoms. The topological polar surface area (TPSA) is 74.7 Å². The summed E-state index contributed by atoms with van der Waals surface area (Å²) in [5.41, 5.74) is 4.00. The molecule has 3 saturated carbocycles. The van der Waals surface area contributed by atoms with Gasteiger partial charge in [-0.1, -0.05) is 123 Å². The fourth-order valence-electron chi connectivity index (χ4n) is 10.2. The Morgan fingerprint density at radius 3 is 2.07 bits per heavy atom. The molecule has 56 heavy (non-hydrogen) atoms. The zero-order valence-corrected chi connectivity index (χ0v) is 37.5. The molecule has 1 unspecified atom stereocenters. The van der Waals surface area contributed by atoms with E-state index in [0.29, 0.717) is 41.7 Å². The Morgan fingerprint density at radius 2 is 1.52 bits per heavy atom. The van der Waals surface area contributed by atoms with Gasteiger partial charge in [-0.05, 0) is 104 Å². The van der Waals surface area contributed by atoms with Crippen molar-refractivity contribution in [2.24, 2.45) is 23.2 Å². The van der Waals surface area contributed by atoms with Crippen LogP contribution >= 0.6 is 27.3 Å². The van der Waals surface area contributed by atoms with Gasteiger partial charge < -0.3 is 13.9 Å². The van der Waals surface area contributed by atoms with E-state index in [2.05, 4.69) is 68.1 Å². The Balaban J connectivity index is 1.14. The summed E-state index contributed by atoms with van der Waals surface area (Å²) in [6, 6.07) is 21.7. The molecular formula is C47H62BrNO5SSi. The SMILES string of the molecule is CC[Si](CC)(CC)OC(CCC[C@@H](C)[C@H]1CC[C@H]2/C(=C/C=C3C[C@@H](OC(=O)c4ccccc4)C(Br)[C@H](OC(=O)c4ccccc4)C3)CCC[C@]12C)c1nccs1. The number of fused-ring (bicyclic) bond motifs is 1. The van der Waals surface area contributed by atoms with Crippen molar-refractivity contribution in [3.8, 4) is 0 Å². The van der Waals surface area contributed by atoms with Crippen LogP contribution in [-0.4, -0.2) is 42.3 Å². The number of hydrogen-bond acceptors (Lipinski definition) is 7. The van der Waals surface area contributed by atoms with Crippen molar-refractivity contribution in [2.45, 2.75) is 140 Å². The van der Waals surface area contributed by atoms with Crippen molar-refractivity contribution in [1.82, 2.24) is 4.98 Å². The maximum absolute atomic E-state index is 13.2. The van der Waals surface area contributed by atoms with E-state index in [9.17, 15) is 9.59 Å². The van der Waals surface area contributed by atoms with Crippen molar-refractivity contribution in [3.63, 3.8) is 0 Å². The van der Waals surface area contributed by atoms with Crippen LogP contribution in [-0.2, 0) is 13.9 Å². The quantitative estimate of drug-likeness (QED) is 0.0811. The number of aromatic nitrogens is 1. The minimum absolute atomic E-state index is 0.125. The Morgan fingerprint density at radius 1 is 0.911 bits per heavy atom. The van der Waals surface area contributed by atoms with Crippen molar-refractivity contribution >= 4 is 47.5 Å². The molecular weight excluding hydrogens is 799 g/mol. The average Bonchev–Trinajstić information content (AvgIpc) is 3.89. The fourth-order valence-corrected chi connectivity index (χ4v) is 14.4. The van der Waals surface area contributed by atoms with Gasteiger partial charge in [-0.15, -0.1) is 11.3 Å². The molecule has 0 aliphatic heterocycles. The lowest BCUT2D eigenvalue weighted by Gasteiger charge is -2.44. The Labute approximate surface area is 349 Å². The van der Waals surface area contributed by atoms with E-state index in [-0.39, 0.29) is 28.3 Å². The van der Waals surface area contributed by atoms with E-state index >= 15 is 0 Å². The van der Waals surface area contributed by atoms with Gasteiger partial charge >= 0.3 is 11.9 Å². The second-order valence-corrected chi connectivity index (χ2v) is 23.5. The van der Waals surface area contributed by atoms with Crippen molar-refractivity contribution < 1.29 is 23.5 Å². The highest BCUT2D eigenvalue weighted by Crippen LogP contribution is 2.60. The first-order valence-corrected chi connectivity index (χ1v) is 25.5. The molecule has 0 N–H and O–H groups in total. The summed E-state index contributed by atoms with van der Waals surface area (Å²) < 4.78 is 19.3. The zero-order chi connectivity index (χ0) is 39.7. The minimum atomic E-state index is -1.75. The standard InChI is InChI=1S/C47H62BrNO5SSi/c1-6-56(7-2,8-3)54-40(44-49-29-30-55-44)23-15-17-33(4)38-26-27-39-35(22-16-28-47(38,39)5)25-24-34-31-41(52-45(50)36-18-11-9-12-19-36)43(48)42(32-34)53-46(51)37-20-13-10-14-21-37/h9-14,18-21,24-25,29-30,33,38-43H,6-8,15-17,22-23,26-28,31-32H2,1-5H3/b34-24?,35-25+/t33-,38-,39+,40?,41-,42-,43?,47-/m1/s1. The minimum Gasteiger partial charge on any atom is -0.457 e. The van der Waals surface area contributed by atoms with Gasteiger partial charge in [0.15, 0.2) is 8.32 Å². The van der Waals surface area contributed by atoms with Gasteiger partial charge in [0.2, 0.25) is 0 Å². The molecule has 0 bridgehead atoms. The molecule has 2 aromatic carbocycles. The predicted octanol–water partition coefficient (Wildman–Crippen LogP) is 13.1. The summed E-state index contributed by atoms with van der Waals surface area (Å²) in [6.07, 6.45) is 16.5. The maximum Gasteiger partial charge on any atom is 0.338 e. The Hall–Kier alpha value is -2.85. The first-order valence-electron chi connectivity index (χ1n) is 21.2. The first kappa shape index (κ1) is 42.7. The third-order valence-corrected chi connectivity index (χ3v) is 20.3. The number of benzene rings is 2. The van der Waals surface area contributed by atoms with Gasteiger partial charge in [0.1, 0.15) is 17.2 Å². The van der Waals surface area contributed by atoms with E-state index in [0.717, 1.165) is 41.6 Å². The van der Waals surface area contributed by atoms with Gasteiger partial charge in [0.25, 0.3) is 0 Å². The third kappa shape index (κ3) is 10.0. The van der Waals surface area contributed by atoms with Crippen LogP contribution < -0.4 is 0 Å². The number of esters is 2. The van der Waals surface area contributed by atoms with Crippen molar-refractivity contribution in [2.75, 3.05) is 0 Å². The normalized spacial score (nSPS) is 27.0. The largest absolute Gasteiger partial charge is 0.457 e. The number of allylic oxidation sites excluding steroid dienone is 3. The van der Waals surface area contributed by atoms with Gasteiger partial charge in [-0.25, -0.2) is 14.6 Å². The highest BCUT2D eigenvalue weighted by atomic mass is 79.9. The Kier molecular flexibility index (Phi) is 15.1. The monoisotopic (exact) mass is 859 g/mol. The molecule has 0 amide bonds. The lowest BCUT2D eigenvalue weighted by Crippen LogP contribution is -2.43. The van der Waals surface area contributed by atoms with Gasteiger partial charge in [0.05, 0.1) is 22.1 Å². The molecule has 3 fully saturated rings. The third-order valence-electron chi connectivity index (χ3n) is 13.6. The molecule has 0 saturated heterocycles. The van der Waals surface area contributed by atoms with Crippen LogP contribution in [0.5, 0.6) is 0 Å². The molecule has 3 aliphatic rings. The molecule has 7 atom stereocenters. The average molecular weight is 861 g/mol. The number of alkyl halides is 1. The number of ether oxygens (including phenoxy) is 2. The van der Waals surface area contributed by atoms with Gasteiger partial charge in [-0.3, -0.25) is 0 Å². The number of carbonyl (C=O) groups is 2. The van der Waals surface area contributed by atoms with E-state index in [1.165, 1.54) is 38.5 Å². The van der Waals surface area contributed by atoms with Crippen molar-refractivity contribution in [1.29, 1.82) is 0 Å². The number of hydrogen-bond donors (Lipinski definition) is 0. The number of halogens is 1. The molecule has 1 aromatic heterocycles. The summed E-state index contributed by atoms with van der Waals surface area (Å²) in [5, 5.41) is 3.25. The van der Waals surface area contributed by atoms with E-state index in [1.54, 1.807) is 41.2 Å². The zero-order valence-electron chi connectivity index (χ0n) is 34.1. The second-order valence-electron chi connectivity index (χ2n) is 16.8. The molecule has 0 radical (unpaired) electrons. The van der Waals surface area contributed by atoms with E-state index < -0.39 is 20.5 Å². The lowest BCUT2D eigenvalue weighted by molar-refractivity contribution is -0.00359. The van der Waals surface area contributed by atoms with Crippen LogP contribution in [0.1, 0.15) is 131 Å². The van der Waals surface area contributed by atoms with Crippen LogP contribution in [0.15, 0.2) is 95.5 Å². The predicted molar refractivity (Wildman–Crippen MR) is 234 cm³/mol. The van der Waals surface area contributed by atoms with Crippen molar-refractivity contribution in [3.05, 3.63) is 112 Å². The fraction of sp³-hybridized carbons (Fsp3) is 0.553. The second kappa shape index (κ2) is 19.7. The van der Waals surface area contributed by atoms with Crippen LogP contribution in [0.3, 0.4) is 0 Å². The van der Waals surface area contributed by atoms with Crippen LogP contribution in [0.2, 0.25) is 18.1 Å². The van der Waals surface area contributed by atoms with Gasteiger partial charge in [0, 0.05) is 24.4 Å². The summed E-state index contributed by atoms with van der Waals surface area (Å²) in [5.74, 6) is 1.19. The Bertz CT molecular complexity index is 1710. The number of rotatable bonds is 16. The summed E-state index contributed by atoms with van der Waals surface area (Å²) in [6.45, 7) is 12.0. The first-order chi connectivity index (χ1) is 27.1. The molecule has 3 aromatic rings. The van der Waals surface area contributed by atoms with Crippen LogP contribution in [0.4, 0.5) is 0 Å². The summed E-state index contributed by atoms with van der Waals surface area (Å²) >= 11 is 5.54. The van der Waals surface area contributed by atoms with Gasteiger partial charge in [-0.2, -0.15) is 0 Å².